The fourth-order valence-corrected chi connectivity index (χ4v) is 2.57. The lowest BCUT2D eigenvalue weighted by molar-refractivity contribution is 0.911. The van der Waals surface area contributed by atoms with Crippen LogP contribution in [-0.4, -0.2) is 9.97 Å². The molecule has 0 aliphatic heterocycles. The summed E-state index contributed by atoms with van der Waals surface area (Å²) in [5, 5.41) is 2.01. The summed E-state index contributed by atoms with van der Waals surface area (Å²) in [4.78, 5) is 18.7. The molecule has 0 aromatic carbocycles. The van der Waals surface area contributed by atoms with Gasteiger partial charge < -0.3 is 4.98 Å². The minimum Gasteiger partial charge on any atom is -0.336 e. The molecule has 84 valence electrons. The lowest BCUT2D eigenvalue weighted by Crippen LogP contribution is -2.17. The van der Waals surface area contributed by atoms with Crippen LogP contribution in [0.5, 0.6) is 0 Å². The van der Waals surface area contributed by atoms with Gasteiger partial charge in [0.2, 0.25) is 0 Å². The van der Waals surface area contributed by atoms with Gasteiger partial charge in [0.15, 0.2) is 4.77 Å². The summed E-state index contributed by atoms with van der Waals surface area (Å²) in [7, 11) is 0. The molecule has 0 spiro atoms. The highest BCUT2D eigenvalue weighted by molar-refractivity contribution is 7.71. The van der Waals surface area contributed by atoms with Crippen molar-refractivity contribution in [1.82, 2.24) is 9.97 Å². The zero-order valence-electron chi connectivity index (χ0n) is 8.87. The van der Waals surface area contributed by atoms with Gasteiger partial charge in [0.25, 0.3) is 5.56 Å². The van der Waals surface area contributed by atoms with Gasteiger partial charge in [-0.05, 0) is 30.1 Å². The molecule has 0 amide bonds. The third-order valence-electron chi connectivity index (χ3n) is 2.41. The molecule has 0 saturated heterocycles. The molecule has 0 aliphatic rings. The minimum absolute atomic E-state index is 0.0750. The van der Waals surface area contributed by atoms with Gasteiger partial charge in [0, 0.05) is 22.6 Å². The summed E-state index contributed by atoms with van der Waals surface area (Å²) < 4.78 is 0.400. The van der Waals surface area contributed by atoms with Crippen LogP contribution in [0.1, 0.15) is 23.1 Å². The zero-order valence-corrected chi connectivity index (χ0v) is 10.5. The average Bonchev–Trinajstić information content (AvgIpc) is 2.74. The lowest BCUT2D eigenvalue weighted by atomic mass is 10.1. The molecule has 2 aromatic rings. The van der Waals surface area contributed by atoms with Crippen molar-refractivity contribution in [2.75, 3.05) is 0 Å². The highest BCUT2D eigenvalue weighted by Gasteiger charge is 2.08. The Bertz CT molecular complexity index is 581. The van der Waals surface area contributed by atoms with E-state index in [1.807, 2.05) is 24.4 Å². The Morgan fingerprint density at radius 2 is 2.25 bits per heavy atom. The summed E-state index contributed by atoms with van der Waals surface area (Å²) >= 11 is 6.61. The number of aromatic amines is 2. The average molecular weight is 252 g/mol. The quantitative estimate of drug-likeness (QED) is 0.825. The second-order valence-electron chi connectivity index (χ2n) is 3.48. The molecule has 2 N–H and O–H groups in total. The number of rotatable bonds is 3. The van der Waals surface area contributed by atoms with Crippen LogP contribution in [0.4, 0.5) is 0 Å². The first-order valence-electron chi connectivity index (χ1n) is 5.07. The van der Waals surface area contributed by atoms with E-state index < -0.39 is 0 Å². The van der Waals surface area contributed by atoms with Crippen molar-refractivity contribution in [3.8, 4) is 0 Å². The fourth-order valence-electron chi connectivity index (χ4n) is 1.64. The predicted molar refractivity (Wildman–Crippen MR) is 68.8 cm³/mol. The molecule has 16 heavy (non-hydrogen) atoms. The van der Waals surface area contributed by atoms with Crippen LogP contribution in [0.25, 0.3) is 0 Å². The second-order valence-corrected chi connectivity index (χ2v) is 4.92. The maximum absolute atomic E-state index is 11.8. The number of aromatic nitrogens is 2. The van der Waals surface area contributed by atoms with Crippen molar-refractivity contribution >= 4 is 23.6 Å². The Morgan fingerprint density at radius 1 is 1.44 bits per heavy atom. The number of hydrogen-bond acceptors (Lipinski definition) is 3. The molecule has 0 aliphatic carbocycles. The summed E-state index contributed by atoms with van der Waals surface area (Å²) in [6.07, 6.45) is 1.45. The molecule has 3 nitrogen and oxygen atoms in total. The maximum Gasteiger partial charge on any atom is 0.255 e. The lowest BCUT2D eigenvalue weighted by Gasteiger charge is -2.05. The van der Waals surface area contributed by atoms with Crippen molar-refractivity contribution in [3.05, 3.63) is 48.8 Å². The van der Waals surface area contributed by atoms with Gasteiger partial charge in [0.1, 0.15) is 0 Å². The summed E-state index contributed by atoms with van der Waals surface area (Å²) in [6.45, 7) is 2.01. The molecule has 0 radical (unpaired) electrons. The third kappa shape index (κ3) is 2.31. The molecule has 2 aromatic heterocycles. The first-order chi connectivity index (χ1) is 7.70. The Morgan fingerprint density at radius 3 is 2.88 bits per heavy atom. The number of H-pyrrole nitrogens is 2. The van der Waals surface area contributed by atoms with E-state index in [0.29, 0.717) is 11.2 Å². The van der Waals surface area contributed by atoms with Crippen molar-refractivity contribution in [1.29, 1.82) is 0 Å². The second kappa shape index (κ2) is 4.76. The maximum atomic E-state index is 11.8. The van der Waals surface area contributed by atoms with E-state index in [1.165, 1.54) is 4.88 Å². The molecule has 0 bridgehead atoms. The number of nitrogens with one attached hydrogen (secondary N) is 2. The van der Waals surface area contributed by atoms with Gasteiger partial charge in [-0.15, -0.1) is 11.3 Å². The predicted octanol–water partition coefficient (Wildman–Crippen LogP) is 2.65. The molecule has 5 heteroatoms. The summed E-state index contributed by atoms with van der Waals surface area (Å²) in [5.74, 6) is 0. The SMILES string of the molecule is CCc1[nH]c(=S)[nH]c(=O)c1Cc1cccs1. The Labute approximate surface area is 102 Å². The van der Waals surface area contributed by atoms with Crippen LogP contribution < -0.4 is 5.56 Å². The van der Waals surface area contributed by atoms with Crippen LogP contribution in [-0.2, 0) is 12.8 Å². The third-order valence-corrected chi connectivity index (χ3v) is 3.50. The first-order valence-corrected chi connectivity index (χ1v) is 6.36. The largest absolute Gasteiger partial charge is 0.336 e. The number of thiophene rings is 1. The fraction of sp³-hybridized carbons (Fsp3) is 0.273. The summed E-state index contributed by atoms with van der Waals surface area (Å²) in [6, 6.07) is 4.02. The van der Waals surface area contributed by atoms with Crippen LogP contribution >= 0.6 is 23.6 Å². The zero-order chi connectivity index (χ0) is 11.5. The Balaban J connectivity index is 2.47. The smallest absolute Gasteiger partial charge is 0.255 e. The van der Waals surface area contributed by atoms with Gasteiger partial charge >= 0.3 is 0 Å². The van der Waals surface area contributed by atoms with Crippen LogP contribution in [0, 0.1) is 4.77 Å². The molecule has 0 saturated carbocycles. The van der Waals surface area contributed by atoms with E-state index in [-0.39, 0.29) is 5.56 Å². The van der Waals surface area contributed by atoms with Crippen molar-refractivity contribution in [3.63, 3.8) is 0 Å². The Kier molecular flexibility index (Phi) is 3.36. The van der Waals surface area contributed by atoms with E-state index in [0.717, 1.165) is 17.7 Å². The minimum atomic E-state index is -0.0750. The molecular formula is C11H12N2OS2. The van der Waals surface area contributed by atoms with E-state index in [2.05, 4.69) is 9.97 Å². The monoisotopic (exact) mass is 252 g/mol. The van der Waals surface area contributed by atoms with E-state index in [4.69, 9.17) is 12.2 Å². The van der Waals surface area contributed by atoms with Gasteiger partial charge in [-0.3, -0.25) is 9.78 Å². The van der Waals surface area contributed by atoms with Crippen LogP contribution in [0.3, 0.4) is 0 Å². The number of hydrogen-bond donors (Lipinski definition) is 2. The Hall–Kier alpha value is -1.20. The van der Waals surface area contributed by atoms with Crippen LogP contribution in [0.15, 0.2) is 22.3 Å². The van der Waals surface area contributed by atoms with Gasteiger partial charge in [-0.2, -0.15) is 0 Å². The molecule has 2 heterocycles. The van der Waals surface area contributed by atoms with E-state index in [1.54, 1.807) is 11.3 Å². The van der Waals surface area contributed by atoms with Crippen molar-refractivity contribution < 1.29 is 0 Å². The van der Waals surface area contributed by atoms with E-state index >= 15 is 0 Å². The van der Waals surface area contributed by atoms with Crippen molar-refractivity contribution in [2.45, 2.75) is 19.8 Å². The molecule has 0 fully saturated rings. The van der Waals surface area contributed by atoms with Crippen molar-refractivity contribution in [2.24, 2.45) is 0 Å². The standard InChI is InChI=1S/C11H12N2OS2/c1-2-9-8(6-7-4-3-5-16-7)10(14)13-11(15)12-9/h3-5H,2,6H2,1H3,(H2,12,13,14,15). The highest BCUT2D eigenvalue weighted by atomic mass is 32.1. The molecule has 2 rings (SSSR count). The van der Waals surface area contributed by atoms with Gasteiger partial charge in [-0.25, -0.2) is 0 Å². The number of aryl methyl sites for hydroxylation is 1. The van der Waals surface area contributed by atoms with Gasteiger partial charge in [-0.1, -0.05) is 13.0 Å². The summed E-state index contributed by atoms with van der Waals surface area (Å²) in [5.41, 5.74) is 1.65. The first kappa shape index (κ1) is 11.3. The highest BCUT2D eigenvalue weighted by Crippen LogP contribution is 2.14. The normalized spacial score (nSPS) is 10.6. The van der Waals surface area contributed by atoms with Crippen LogP contribution in [0.2, 0.25) is 0 Å². The molecular weight excluding hydrogens is 240 g/mol. The van der Waals surface area contributed by atoms with Gasteiger partial charge in [0.05, 0.1) is 0 Å². The molecule has 0 unspecified atom stereocenters. The molecule has 0 atom stereocenters. The topological polar surface area (TPSA) is 48.6 Å². The van der Waals surface area contributed by atoms with E-state index in [9.17, 15) is 4.79 Å².